The van der Waals surface area contributed by atoms with Crippen LogP contribution in [-0.2, 0) is 9.53 Å². The highest BCUT2D eigenvalue weighted by Gasteiger charge is 2.33. The predicted molar refractivity (Wildman–Crippen MR) is 86.7 cm³/mol. The summed E-state index contributed by atoms with van der Waals surface area (Å²) in [6, 6.07) is 10.6. The molecule has 3 rings (SSSR count). The molecule has 0 bridgehead atoms. The van der Waals surface area contributed by atoms with E-state index in [1.807, 2.05) is 24.3 Å². The standard InChI is InChI=1S/C17H15ClN2O3/c1-23-17(22)13-8-9-20(15-5-3-2-4-12(13)15)16(21)14-7-6-11(18)10-19-14/h2-7,10,13H,8-9H2,1H3/t13-/m0/s1. The lowest BCUT2D eigenvalue weighted by Gasteiger charge is -2.33. The normalized spacial score (nSPS) is 16.6. The minimum Gasteiger partial charge on any atom is -0.469 e. The summed E-state index contributed by atoms with van der Waals surface area (Å²) in [5.41, 5.74) is 1.84. The predicted octanol–water partition coefficient (Wildman–Crippen LogP) is 3.04. The number of nitrogens with zero attached hydrogens (tertiary/aromatic N) is 2. The highest BCUT2D eigenvalue weighted by molar-refractivity contribution is 6.30. The topological polar surface area (TPSA) is 59.5 Å². The van der Waals surface area contributed by atoms with Crippen LogP contribution in [0, 0.1) is 0 Å². The molecule has 23 heavy (non-hydrogen) atoms. The van der Waals surface area contributed by atoms with Gasteiger partial charge in [0.25, 0.3) is 5.91 Å². The average molecular weight is 331 g/mol. The maximum Gasteiger partial charge on any atom is 0.313 e. The van der Waals surface area contributed by atoms with Crippen molar-refractivity contribution in [3.05, 3.63) is 58.9 Å². The second-order valence-corrected chi connectivity index (χ2v) is 5.68. The summed E-state index contributed by atoms with van der Waals surface area (Å²) in [6.45, 7) is 0.430. The van der Waals surface area contributed by atoms with Crippen molar-refractivity contribution in [1.29, 1.82) is 0 Å². The molecular formula is C17H15ClN2O3. The molecule has 0 saturated carbocycles. The first-order chi connectivity index (χ1) is 11.1. The first-order valence-electron chi connectivity index (χ1n) is 7.22. The Bertz CT molecular complexity index is 746. The Balaban J connectivity index is 1.96. The van der Waals surface area contributed by atoms with Gasteiger partial charge in [0.1, 0.15) is 5.69 Å². The van der Waals surface area contributed by atoms with E-state index in [2.05, 4.69) is 4.98 Å². The molecule has 0 spiro atoms. The number of carbonyl (C=O) groups excluding carboxylic acids is 2. The molecule has 1 aromatic carbocycles. The number of methoxy groups -OCH3 is 1. The summed E-state index contributed by atoms with van der Waals surface area (Å²) in [6.07, 6.45) is 1.96. The van der Waals surface area contributed by atoms with Gasteiger partial charge in [-0.2, -0.15) is 0 Å². The first kappa shape index (κ1) is 15.5. The van der Waals surface area contributed by atoms with Crippen LogP contribution in [-0.4, -0.2) is 30.5 Å². The first-order valence-corrected chi connectivity index (χ1v) is 7.60. The number of amides is 1. The molecule has 0 N–H and O–H groups in total. The van der Waals surface area contributed by atoms with Crippen LogP contribution in [0.15, 0.2) is 42.6 Å². The van der Waals surface area contributed by atoms with Crippen LogP contribution >= 0.6 is 11.6 Å². The van der Waals surface area contributed by atoms with E-state index in [0.29, 0.717) is 23.7 Å². The molecule has 0 unspecified atom stereocenters. The monoisotopic (exact) mass is 330 g/mol. The summed E-state index contributed by atoms with van der Waals surface area (Å²) < 4.78 is 4.87. The minimum atomic E-state index is -0.349. The van der Waals surface area contributed by atoms with Gasteiger partial charge in [0, 0.05) is 18.4 Å². The average Bonchev–Trinajstić information content (AvgIpc) is 2.60. The molecular weight excluding hydrogens is 316 g/mol. The lowest BCUT2D eigenvalue weighted by atomic mass is 9.89. The van der Waals surface area contributed by atoms with Crippen LogP contribution < -0.4 is 4.90 Å². The Morgan fingerprint density at radius 1 is 1.26 bits per heavy atom. The molecule has 1 aliphatic heterocycles. The van der Waals surface area contributed by atoms with E-state index in [1.54, 1.807) is 17.0 Å². The lowest BCUT2D eigenvalue weighted by molar-refractivity contribution is -0.142. The number of para-hydroxylation sites is 1. The van der Waals surface area contributed by atoms with Crippen LogP contribution in [0.25, 0.3) is 0 Å². The van der Waals surface area contributed by atoms with E-state index in [1.165, 1.54) is 13.3 Å². The number of pyridine rings is 1. The van der Waals surface area contributed by atoms with Crippen molar-refractivity contribution < 1.29 is 14.3 Å². The van der Waals surface area contributed by atoms with Gasteiger partial charge in [0.05, 0.1) is 18.1 Å². The molecule has 0 radical (unpaired) electrons. The molecule has 1 amide bonds. The highest BCUT2D eigenvalue weighted by Crippen LogP contribution is 2.36. The largest absolute Gasteiger partial charge is 0.469 e. The quantitative estimate of drug-likeness (QED) is 0.794. The molecule has 0 fully saturated rings. The maximum absolute atomic E-state index is 12.7. The number of benzene rings is 1. The van der Waals surface area contributed by atoms with Crippen molar-refractivity contribution in [2.45, 2.75) is 12.3 Å². The third kappa shape index (κ3) is 2.92. The Morgan fingerprint density at radius 2 is 2.04 bits per heavy atom. The van der Waals surface area contributed by atoms with Crippen LogP contribution in [0.4, 0.5) is 5.69 Å². The second kappa shape index (κ2) is 6.38. The van der Waals surface area contributed by atoms with Crippen molar-refractivity contribution in [2.24, 2.45) is 0 Å². The molecule has 1 aliphatic rings. The van der Waals surface area contributed by atoms with Gasteiger partial charge < -0.3 is 9.64 Å². The van der Waals surface area contributed by atoms with Gasteiger partial charge in [-0.05, 0) is 30.2 Å². The lowest BCUT2D eigenvalue weighted by Crippen LogP contribution is -2.38. The van der Waals surface area contributed by atoms with Crippen molar-refractivity contribution in [3.63, 3.8) is 0 Å². The van der Waals surface area contributed by atoms with Gasteiger partial charge in [-0.25, -0.2) is 4.98 Å². The van der Waals surface area contributed by atoms with Crippen molar-refractivity contribution >= 4 is 29.2 Å². The van der Waals surface area contributed by atoms with Gasteiger partial charge in [0.2, 0.25) is 0 Å². The minimum absolute atomic E-state index is 0.211. The number of esters is 1. The molecule has 0 aliphatic carbocycles. The second-order valence-electron chi connectivity index (χ2n) is 5.24. The van der Waals surface area contributed by atoms with Crippen molar-refractivity contribution in [3.8, 4) is 0 Å². The fourth-order valence-electron chi connectivity index (χ4n) is 2.80. The molecule has 1 aromatic heterocycles. The van der Waals surface area contributed by atoms with Gasteiger partial charge in [0.15, 0.2) is 0 Å². The van der Waals surface area contributed by atoms with Gasteiger partial charge >= 0.3 is 5.97 Å². The van der Waals surface area contributed by atoms with E-state index in [4.69, 9.17) is 16.3 Å². The number of anilines is 1. The highest BCUT2D eigenvalue weighted by atomic mass is 35.5. The SMILES string of the molecule is COC(=O)[C@H]1CCN(C(=O)c2ccc(Cl)cn2)c2ccccc21. The van der Waals surface area contributed by atoms with E-state index in [9.17, 15) is 9.59 Å². The van der Waals surface area contributed by atoms with Gasteiger partial charge in [-0.3, -0.25) is 9.59 Å². The van der Waals surface area contributed by atoms with Crippen molar-refractivity contribution in [2.75, 3.05) is 18.6 Å². The molecule has 0 saturated heterocycles. The third-order valence-corrected chi connectivity index (χ3v) is 4.15. The van der Waals surface area contributed by atoms with Gasteiger partial charge in [-0.1, -0.05) is 29.8 Å². The zero-order valence-electron chi connectivity index (χ0n) is 12.5. The zero-order valence-corrected chi connectivity index (χ0v) is 13.3. The number of ether oxygens (including phenoxy) is 1. The molecule has 118 valence electrons. The van der Waals surface area contributed by atoms with Crippen LogP contribution in [0.5, 0.6) is 0 Å². The summed E-state index contributed by atoms with van der Waals surface area (Å²) in [5, 5.41) is 0.478. The molecule has 2 aromatic rings. The van der Waals surface area contributed by atoms with Crippen LogP contribution in [0.1, 0.15) is 28.4 Å². The Labute approximate surface area is 138 Å². The van der Waals surface area contributed by atoms with Crippen LogP contribution in [0.3, 0.4) is 0 Å². The maximum atomic E-state index is 12.7. The van der Waals surface area contributed by atoms with E-state index in [-0.39, 0.29) is 17.8 Å². The van der Waals surface area contributed by atoms with Crippen molar-refractivity contribution in [1.82, 2.24) is 4.98 Å². The Morgan fingerprint density at radius 3 is 2.74 bits per heavy atom. The molecule has 1 atom stereocenters. The number of carbonyl (C=O) groups is 2. The number of hydrogen-bond donors (Lipinski definition) is 0. The smallest absolute Gasteiger partial charge is 0.313 e. The zero-order chi connectivity index (χ0) is 16.4. The molecule has 2 heterocycles. The molecule has 6 heteroatoms. The Kier molecular flexibility index (Phi) is 4.30. The number of aromatic nitrogens is 1. The van der Waals surface area contributed by atoms with E-state index < -0.39 is 0 Å². The fourth-order valence-corrected chi connectivity index (χ4v) is 2.91. The van der Waals surface area contributed by atoms with Crippen LogP contribution in [0.2, 0.25) is 5.02 Å². The van der Waals surface area contributed by atoms with E-state index >= 15 is 0 Å². The summed E-state index contributed by atoms with van der Waals surface area (Å²) in [7, 11) is 1.38. The summed E-state index contributed by atoms with van der Waals surface area (Å²) >= 11 is 5.81. The Hall–Kier alpha value is -2.40. The van der Waals surface area contributed by atoms with E-state index in [0.717, 1.165) is 11.3 Å². The number of hydrogen-bond acceptors (Lipinski definition) is 4. The number of halogens is 1. The number of fused-ring (bicyclic) bond motifs is 1. The molecule has 5 nitrogen and oxygen atoms in total. The summed E-state index contributed by atoms with van der Waals surface area (Å²) in [4.78, 5) is 30.4. The number of rotatable bonds is 2. The third-order valence-electron chi connectivity index (χ3n) is 3.92. The summed E-state index contributed by atoms with van der Waals surface area (Å²) in [5.74, 6) is -0.843. The van der Waals surface area contributed by atoms with Gasteiger partial charge in [-0.15, -0.1) is 0 Å². The fraction of sp³-hybridized carbons (Fsp3) is 0.235.